The summed E-state index contributed by atoms with van der Waals surface area (Å²) in [6, 6.07) is 16.9. The summed E-state index contributed by atoms with van der Waals surface area (Å²) in [7, 11) is 0. The minimum absolute atomic E-state index is 0.0699. The molecule has 0 atom stereocenters. The van der Waals surface area contributed by atoms with Crippen molar-refractivity contribution in [3.8, 4) is 33.4 Å². The molecule has 0 unspecified atom stereocenters. The van der Waals surface area contributed by atoms with Crippen LogP contribution >= 0.6 is 0 Å². The highest BCUT2D eigenvalue weighted by molar-refractivity contribution is 5.81. The first-order valence-electron chi connectivity index (χ1n) is 17.0. The van der Waals surface area contributed by atoms with Gasteiger partial charge in [0.1, 0.15) is 0 Å². The molecular weight excluding hydrogens is 860 g/mol. The molecule has 0 heterocycles. The highest BCUT2D eigenvalue weighted by Gasteiger charge is 2.39. The molecule has 0 saturated heterocycles. The molecule has 0 spiro atoms. The second-order valence-corrected chi connectivity index (χ2v) is 13.4. The van der Waals surface area contributed by atoms with Crippen LogP contribution in [0.25, 0.3) is 33.4 Å². The summed E-state index contributed by atoms with van der Waals surface area (Å²) in [4.78, 5) is 1.32. The molecule has 0 amide bonds. The van der Waals surface area contributed by atoms with Gasteiger partial charge in [0.25, 0.3) is 0 Å². The Kier molecular flexibility index (Phi) is 11.2. The van der Waals surface area contributed by atoms with E-state index in [9.17, 15) is 79.0 Å². The van der Waals surface area contributed by atoms with Crippen molar-refractivity contribution in [2.45, 2.75) is 37.1 Å². The molecule has 320 valence electrons. The maximum atomic E-state index is 13.6. The molecule has 0 aliphatic carbocycles. The average molecular weight is 882 g/mol. The average Bonchev–Trinajstić information content (AvgIpc) is 3.16. The second kappa shape index (κ2) is 15.4. The molecule has 6 rings (SSSR count). The minimum atomic E-state index is -5.17. The Morgan fingerprint density at radius 2 is 0.377 bits per heavy atom. The number of nitrogens with zero attached hydrogens (tertiary/aromatic N) is 1. The quantitative estimate of drug-likeness (QED) is 0.151. The van der Waals surface area contributed by atoms with Gasteiger partial charge in [-0.05, 0) is 124 Å². The Balaban J connectivity index is 1.47. The molecule has 19 heteroatoms. The van der Waals surface area contributed by atoms with Gasteiger partial charge in [-0.15, -0.1) is 0 Å². The SMILES string of the molecule is FC(F)(F)c1cc(-c2ccc(N(c3ccc(-c4cc(C(F)(F)F)cc(C(F)(F)F)c4)cc3)c3ccc(-c4cc(C(F)(F)F)cc(C(F)(F)F)c4)cc3)cc2)cc(C(F)(F)F)c1. The minimum Gasteiger partial charge on any atom is -0.311 e. The van der Waals surface area contributed by atoms with Gasteiger partial charge in [0.2, 0.25) is 0 Å². The standard InChI is InChI=1S/C42H21F18N/c43-37(44,45)28-13-25(14-29(19-28)38(46,47)48)22-1-7-34(8-2-22)61(35-9-3-23(4-10-35)26-15-30(39(49,50)51)20-31(16-26)40(52,53)54)36-11-5-24(6-12-36)27-17-32(41(55,56)57)21-33(18-27)42(58,59)60/h1-21H. The first-order chi connectivity index (χ1) is 28.0. The summed E-state index contributed by atoms with van der Waals surface area (Å²) >= 11 is 0. The Morgan fingerprint density at radius 3 is 0.525 bits per heavy atom. The molecule has 0 N–H and O–H groups in total. The van der Waals surface area contributed by atoms with Gasteiger partial charge in [0.15, 0.2) is 0 Å². The van der Waals surface area contributed by atoms with E-state index in [4.69, 9.17) is 0 Å². The third-order valence-electron chi connectivity index (χ3n) is 9.14. The molecule has 0 fully saturated rings. The van der Waals surface area contributed by atoms with Crippen molar-refractivity contribution >= 4 is 17.1 Å². The van der Waals surface area contributed by atoms with Gasteiger partial charge in [0.05, 0.1) is 33.4 Å². The van der Waals surface area contributed by atoms with Crippen molar-refractivity contribution < 1.29 is 79.0 Å². The zero-order chi connectivity index (χ0) is 45.1. The van der Waals surface area contributed by atoms with Crippen molar-refractivity contribution in [2.24, 2.45) is 0 Å². The number of benzene rings is 6. The van der Waals surface area contributed by atoms with Crippen LogP contribution in [0.1, 0.15) is 33.4 Å². The lowest BCUT2D eigenvalue weighted by Gasteiger charge is -2.26. The molecule has 61 heavy (non-hydrogen) atoms. The van der Waals surface area contributed by atoms with E-state index in [0.717, 1.165) is 36.4 Å². The van der Waals surface area contributed by atoms with E-state index in [2.05, 4.69) is 0 Å². The van der Waals surface area contributed by atoms with Crippen LogP contribution in [0.3, 0.4) is 0 Å². The molecule has 0 aliphatic rings. The number of hydrogen-bond donors (Lipinski definition) is 0. The van der Waals surface area contributed by atoms with Crippen LogP contribution in [-0.2, 0) is 37.1 Å². The zero-order valence-electron chi connectivity index (χ0n) is 29.9. The predicted octanol–water partition coefficient (Wildman–Crippen LogP) is 16.3. The predicted molar refractivity (Wildman–Crippen MR) is 187 cm³/mol. The highest BCUT2D eigenvalue weighted by Crippen LogP contribution is 2.44. The lowest BCUT2D eigenvalue weighted by atomic mass is 9.97. The third-order valence-corrected chi connectivity index (χ3v) is 9.14. The van der Waals surface area contributed by atoms with E-state index in [1.165, 1.54) is 41.3 Å². The Hall–Kier alpha value is -6.14. The van der Waals surface area contributed by atoms with Gasteiger partial charge in [-0.3, -0.25) is 0 Å². The van der Waals surface area contributed by atoms with Crippen molar-refractivity contribution in [1.82, 2.24) is 0 Å². The summed E-state index contributed by atoms with van der Waals surface area (Å²) < 4.78 is 245. The molecular formula is C42H21F18N. The smallest absolute Gasteiger partial charge is 0.311 e. The van der Waals surface area contributed by atoms with Crippen molar-refractivity contribution in [1.29, 1.82) is 0 Å². The normalized spacial score (nSPS) is 13.1. The molecule has 6 aromatic carbocycles. The molecule has 0 aliphatic heterocycles. The van der Waals surface area contributed by atoms with Crippen LogP contribution in [0.2, 0.25) is 0 Å². The monoisotopic (exact) mass is 881 g/mol. The van der Waals surface area contributed by atoms with E-state index >= 15 is 0 Å². The summed E-state index contributed by atoms with van der Waals surface area (Å²) in [6.07, 6.45) is -31.0. The van der Waals surface area contributed by atoms with Crippen molar-refractivity contribution in [2.75, 3.05) is 4.90 Å². The first kappa shape index (κ1) is 44.4. The number of halogens is 18. The molecule has 1 nitrogen and oxygen atoms in total. The van der Waals surface area contributed by atoms with Gasteiger partial charge in [0, 0.05) is 17.1 Å². The summed E-state index contributed by atoms with van der Waals surface area (Å²) in [5.74, 6) is 0. The maximum Gasteiger partial charge on any atom is 0.416 e. The fourth-order valence-corrected chi connectivity index (χ4v) is 6.22. The molecule has 6 aromatic rings. The Morgan fingerprint density at radius 1 is 0.213 bits per heavy atom. The Labute approximate surface area is 332 Å². The summed E-state index contributed by atoms with van der Waals surface area (Å²) in [6.45, 7) is 0. The van der Waals surface area contributed by atoms with Crippen LogP contribution in [0.15, 0.2) is 127 Å². The van der Waals surface area contributed by atoms with Gasteiger partial charge in [-0.1, -0.05) is 36.4 Å². The van der Waals surface area contributed by atoms with Gasteiger partial charge < -0.3 is 4.90 Å². The van der Waals surface area contributed by atoms with Crippen LogP contribution in [-0.4, -0.2) is 0 Å². The third kappa shape index (κ3) is 10.1. The van der Waals surface area contributed by atoms with Crippen LogP contribution in [0, 0.1) is 0 Å². The van der Waals surface area contributed by atoms with Crippen LogP contribution in [0.4, 0.5) is 96.1 Å². The van der Waals surface area contributed by atoms with E-state index in [0.29, 0.717) is 36.4 Å². The van der Waals surface area contributed by atoms with Crippen LogP contribution < -0.4 is 4.90 Å². The maximum absolute atomic E-state index is 13.6. The molecule has 0 bridgehead atoms. The number of rotatable bonds is 6. The fourth-order valence-electron chi connectivity index (χ4n) is 6.22. The zero-order valence-corrected chi connectivity index (χ0v) is 29.9. The molecule has 0 aromatic heterocycles. The lowest BCUT2D eigenvalue weighted by molar-refractivity contribution is -0.144. The second-order valence-electron chi connectivity index (χ2n) is 13.4. The molecule has 0 radical (unpaired) electrons. The Bertz CT molecular complexity index is 2140. The van der Waals surface area contributed by atoms with E-state index < -0.39 is 87.1 Å². The van der Waals surface area contributed by atoms with Crippen molar-refractivity contribution in [3.63, 3.8) is 0 Å². The first-order valence-corrected chi connectivity index (χ1v) is 17.0. The number of hydrogen-bond acceptors (Lipinski definition) is 1. The summed E-state index contributed by atoms with van der Waals surface area (Å²) in [5.41, 5.74) is -11.2. The van der Waals surface area contributed by atoms with Crippen LogP contribution in [0.5, 0.6) is 0 Å². The molecule has 0 saturated carbocycles. The van der Waals surface area contributed by atoms with Crippen molar-refractivity contribution in [3.05, 3.63) is 161 Å². The number of alkyl halides is 18. The summed E-state index contributed by atoms with van der Waals surface area (Å²) in [5, 5.41) is 0. The highest BCUT2D eigenvalue weighted by atomic mass is 19.4. The van der Waals surface area contributed by atoms with Gasteiger partial charge in [-0.2, -0.15) is 79.0 Å². The largest absolute Gasteiger partial charge is 0.416 e. The van der Waals surface area contributed by atoms with E-state index in [1.807, 2.05) is 0 Å². The lowest BCUT2D eigenvalue weighted by Crippen LogP contribution is -2.12. The van der Waals surface area contributed by atoms with E-state index in [1.54, 1.807) is 0 Å². The van der Waals surface area contributed by atoms with E-state index in [-0.39, 0.29) is 52.0 Å². The van der Waals surface area contributed by atoms with Gasteiger partial charge >= 0.3 is 37.1 Å². The fraction of sp³-hybridized carbons (Fsp3) is 0.143. The number of anilines is 3. The topological polar surface area (TPSA) is 3.24 Å². The van der Waals surface area contributed by atoms with Gasteiger partial charge in [-0.25, -0.2) is 0 Å².